The monoisotopic (exact) mass is 333 g/mol. The van der Waals surface area contributed by atoms with Crippen molar-refractivity contribution in [3.05, 3.63) is 70.9 Å². The molecule has 0 fully saturated rings. The van der Waals surface area contributed by atoms with Gasteiger partial charge in [-0.05, 0) is 29.7 Å². The Morgan fingerprint density at radius 1 is 1.16 bits per heavy atom. The molecule has 4 rings (SSSR count). The van der Waals surface area contributed by atoms with Crippen LogP contribution >= 0.6 is 0 Å². The van der Waals surface area contributed by atoms with Crippen molar-refractivity contribution in [2.75, 3.05) is 7.05 Å². The Morgan fingerprint density at radius 3 is 2.56 bits per heavy atom. The van der Waals surface area contributed by atoms with E-state index in [4.69, 9.17) is 0 Å². The highest BCUT2D eigenvalue weighted by atomic mass is 16.3. The molecule has 3 aromatic rings. The molecule has 0 radical (unpaired) electrons. The number of carbonyl (C=O) groups excluding carboxylic acids is 1. The van der Waals surface area contributed by atoms with Crippen molar-refractivity contribution in [3.63, 3.8) is 0 Å². The maximum atomic E-state index is 12.6. The van der Waals surface area contributed by atoms with Gasteiger partial charge in [0.15, 0.2) is 0 Å². The molecule has 1 aliphatic rings. The van der Waals surface area contributed by atoms with Crippen molar-refractivity contribution in [2.24, 2.45) is 0 Å². The number of rotatable bonds is 3. The highest BCUT2D eigenvalue weighted by Gasteiger charge is 2.40. The normalized spacial score (nSPS) is 16.3. The van der Waals surface area contributed by atoms with Gasteiger partial charge < -0.3 is 10.0 Å². The van der Waals surface area contributed by atoms with Gasteiger partial charge in [-0.15, -0.1) is 0 Å². The first-order valence-corrected chi connectivity index (χ1v) is 8.34. The first-order valence-electron chi connectivity index (χ1n) is 8.34. The smallest absolute Gasteiger partial charge is 0.272 e. The van der Waals surface area contributed by atoms with Gasteiger partial charge in [-0.25, -0.2) is 0 Å². The Bertz CT molecular complexity index is 944. The summed E-state index contributed by atoms with van der Waals surface area (Å²) in [5.74, 6) is 0.0626. The summed E-state index contributed by atoms with van der Waals surface area (Å²) in [6.45, 7) is 2.12. The number of phenolic OH excluding ortho intramolecular Hbond substituents is 1. The number of phenols is 1. The third-order valence-electron chi connectivity index (χ3n) is 4.86. The first kappa shape index (κ1) is 15.4. The second-order valence-corrected chi connectivity index (χ2v) is 6.29. The van der Waals surface area contributed by atoms with E-state index in [1.807, 2.05) is 12.1 Å². The lowest BCUT2D eigenvalue weighted by Gasteiger charge is -2.22. The topological polar surface area (TPSA) is 69.2 Å². The van der Waals surface area contributed by atoms with Gasteiger partial charge >= 0.3 is 0 Å². The van der Waals surface area contributed by atoms with E-state index in [1.165, 1.54) is 5.56 Å². The Balaban J connectivity index is 1.88. The number of benzene rings is 2. The van der Waals surface area contributed by atoms with Gasteiger partial charge in [-0.1, -0.05) is 43.3 Å². The predicted octanol–water partition coefficient (Wildman–Crippen LogP) is 3.52. The molecule has 2 N–H and O–H groups in total. The summed E-state index contributed by atoms with van der Waals surface area (Å²) in [6.07, 6.45) is 0.972. The molecule has 5 nitrogen and oxygen atoms in total. The molecule has 126 valence electrons. The summed E-state index contributed by atoms with van der Waals surface area (Å²) in [6, 6.07) is 15.1. The van der Waals surface area contributed by atoms with Crippen LogP contribution in [0, 0.1) is 0 Å². The Morgan fingerprint density at radius 2 is 1.88 bits per heavy atom. The van der Waals surface area contributed by atoms with Gasteiger partial charge in [0.25, 0.3) is 5.91 Å². The standard InChI is InChI=1S/C20H19N3O2/c1-3-12-8-10-13(11-9-12)19-16-17(14-6-4-5-7-15(14)24)21-22-18(16)20(25)23(19)2/h4-11,19,24H,3H2,1-2H3,(H,21,22). The number of para-hydroxylation sites is 1. The maximum Gasteiger partial charge on any atom is 0.272 e. The summed E-state index contributed by atoms with van der Waals surface area (Å²) < 4.78 is 0. The summed E-state index contributed by atoms with van der Waals surface area (Å²) in [5.41, 5.74) is 4.84. The molecule has 5 heteroatoms. The number of hydrogen-bond acceptors (Lipinski definition) is 3. The number of carbonyl (C=O) groups is 1. The molecule has 2 heterocycles. The number of aromatic hydroxyl groups is 1. The van der Waals surface area contributed by atoms with Crippen LogP contribution in [0.3, 0.4) is 0 Å². The van der Waals surface area contributed by atoms with E-state index in [9.17, 15) is 9.90 Å². The largest absolute Gasteiger partial charge is 0.507 e. The van der Waals surface area contributed by atoms with Crippen LogP contribution in [0.25, 0.3) is 11.3 Å². The van der Waals surface area contributed by atoms with Crippen LogP contribution in [0.1, 0.15) is 40.1 Å². The number of aromatic amines is 1. The van der Waals surface area contributed by atoms with Crippen molar-refractivity contribution >= 4 is 5.91 Å². The third-order valence-corrected chi connectivity index (χ3v) is 4.86. The van der Waals surface area contributed by atoms with Crippen molar-refractivity contribution in [1.29, 1.82) is 0 Å². The minimum absolute atomic E-state index is 0.0891. The molecule has 25 heavy (non-hydrogen) atoms. The molecular weight excluding hydrogens is 314 g/mol. The van der Waals surface area contributed by atoms with Gasteiger partial charge in [0, 0.05) is 18.2 Å². The molecule has 0 saturated heterocycles. The van der Waals surface area contributed by atoms with E-state index in [0.29, 0.717) is 17.0 Å². The fourth-order valence-corrected chi connectivity index (χ4v) is 3.47. The fourth-order valence-electron chi connectivity index (χ4n) is 3.47. The number of amides is 1. The number of nitrogens with one attached hydrogen (secondary N) is 1. The van der Waals surface area contributed by atoms with Crippen molar-refractivity contribution in [2.45, 2.75) is 19.4 Å². The molecule has 1 aromatic heterocycles. The minimum Gasteiger partial charge on any atom is -0.507 e. The third kappa shape index (κ3) is 2.31. The number of nitrogens with zero attached hydrogens (tertiary/aromatic N) is 2. The highest BCUT2D eigenvalue weighted by Crippen LogP contribution is 2.43. The summed E-state index contributed by atoms with van der Waals surface area (Å²) >= 11 is 0. The molecule has 0 aliphatic carbocycles. The molecule has 1 unspecified atom stereocenters. The molecule has 1 aliphatic heterocycles. The molecule has 1 amide bonds. The number of aromatic nitrogens is 2. The Hall–Kier alpha value is -3.08. The van der Waals surface area contributed by atoms with E-state index in [-0.39, 0.29) is 17.7 Å². The van der Waals surface area contributed by atoms with Crippen molar-refractivity contribution in [1.82, 2.24) is 15.1 Å². The van der Waals surface area contributed by atoms with E-state index in [2.05, 4.69) is 41.4 Å². The Kier molecular flexibility index (Phi) is 3.57. The lowest BCUT2D eigenvalue weighted by atomic mass is 9.95. The zero-order chi connectivity index (χ0) is 17.6. The van der Waals surface area contributed by atoms with Crippen LogP contribution in [-0.2, 0) is 6.42 Å². The molecule has 1 atom stereocenters. The Labute approximate surface area is 145 Å². The van der Waals surface area contributed by atoms with E-state index < -0.39 is 0 Å². The van der Waals surface area contributed by atoms with Crippen LogP contribution in [-0.4, -0.2) is 33.2 Å². The average molecular weight is 333 g/mol. The number of H-pyrrole nitrogens is 1. The van der Waals surface area contributed by atoms with Crippen LogP contribution in [0.15, 0.2) is 48.5 Å². The zero-order valence-corrected chi connectivity index (χ0v) is 14.2. The SMILES string of the molecule is CCc1ccc(C2c3c(-c4ccccc4O)n[nH]c3C(=O)N2C)cc1. The lowest BCUT2D eigenvalue weighted by molar-refractivity contribution is 0.0788. The van der Waals surface area contributed by atoms with Gasteiger partial charge in [-0.3, -0.25) is 9.89 Å². The summed E-state index contributed by atoms with van der Waals surface area (Å²) in [5, 5.41) is 17.4. The number of fused-ring (bicyclic) bond motifs is 1. The average Bonchev–Trinajstić information content (AvgIpc) is 3.16. The van der Waals surface area contributed by atoms with E-state index in [0.717, 1.165) is 17.5 Å². The van der Waals surface area contributed by atoms with Gasteiger partial charge in [0.05, 0.1) is 6.04 Å². The number of aryl methyl sites for hydroxylation is 1. The first-order chi connectivity index (χ1) is 12.1. The van der Waals surface area contributed by atoms with Gasteiger partial charge in [-0.2, -0.15) is 5.10 Å². The summed E-state index contributed by atoms with van der Waals surface area (Å²) in [7, 11) is 1.79. The molecule has 0 spiro atoms. The van der Waals surface area contributed by atoms with Crippen LogP contribution < -0.4 is 0 Å². The maximum absolute atomic E-state index is 12.6. The van der Waals surface area contributed by atoms with Crippen molar-refractivity contribution < 1.29 is 9.90 Å². The van der Waals surface area contributed by atoms with Crippen molar-refractivity contribution in [3.8, 4) is 17.0 Å². The molecule has 2 aromatic carbocycles. The molecular formula is C20H19N3O2. The van der Waals surface area contributed by atoms with E-state index >= 15 is 0 Å². The zero-order valence-electron chi connectivity index (χ0n) is 14.2. The second-order valence-electron chi connectivity index (χ2n) is 6.29. The quantitative estimate of drug-likeness (QED) is 0.770. The highest BCUT2D eigenvalue weighted by molar-refractivity contribution is 6.00. The van der Waals surface area contributed by atoms with Gasteiger partial charge in [0.2, 0.25) is 0 Å². The molecule has 0 saturated carbocycles. The second kappa shape index (κ2) is 5.77. The van der Waals surface area contributed by atoms with Gasteiger partial charge in [0.1, 0.15) is 17.1 Å². The number of hydrogen-bond donors (Lipinski definition) is 2. The van der Waals surface area contributed by atoms with Crippen LogP contribution in [0.2, 0.25) is 0 Å². The fraction of sp³-hybridized carbons (Fsp3) is 0.200. The van der Waals surface area contributed by atoms with Crippen LogP contribution in [0.4, 0.5) is 0 Å². The molecule has 0 bridgehead atoms. The summed E-state index contributed by atoms with van der Waals surface area (Å²) in [4.78, 5) is 14.3. The van der Waals surface area contributed by atoms with Crippen LogP contribution in [0.5, 0.6) is 5.75 Å². The lowest BCUT2D eigenvalue weighted by Crippen LogP contribution is -2.24. The predicted molar refractivity (Wildman–Crippen MR) is 95.4 cm³/mol. The van der Waals surface area contributed by atoms with E-state index in [1.54, 1.807) is 24.1 Å². The minimum atomic E-state index is -0.221.